The van der Waals surface area contributed by atoms with E-state index < -0.39 is 0 Å². The molecular formula is C11H25ClN2. The van der Waals surface area contributed by atoms with E-state index >= 15 is 0 Å². The third-order valence-corrected chi connectivity index (χ3v) is 2.74. The van der Waals surface area contributed by atoms with Gasteiger partial charge >= 0.3 is 0 Å². The van der Waals surface area contributed by atoms with Gasteiger partial charge in [0.15, 0.2) is 0 Å². The van der Waals surface area contributed by atoms with Gasteiger partial charge in [-0.3, -0.25) is 0 Å². The second-order valence-electron chi connectivity index (χ2n) is 4.92. The molecule has 1 N–H and O–H groups in total. The fraction of sp³-hybridized carbons (Fsp3) is 1.00. The predicted octanol–water partition coefficient (Wildman–Crippen LogP) is 1.99. The zero-order chi connectivity index (χ0) is 9.84. The molecule has 1 rings (SSSR count). The number of rotatable bonds is 6. The van der Waals surface area contributed by atoms with E-state index in [1.807, 2.05) is 0 Å². The molecule has 1 saturated carbocycles. The molecule has 1 unspecified atom stereocenters. The molecule has 1 aliphatic rings. The SMILES string of the molecule is CC(C)CNCC(C1CC1)N(C)C.Cl. The number of hydrogen-bond donors (Lipinski definition) is 1. The van der Waals surface area contributed by atoms with Crippen LogP contribution in [0, 0.1) is 11.8 Å². The molecule has 0 heterocycles. The highest BCUT2D eigenvalue weighted by atomic mass is 35.5. The van der Waals surface area contributed by atoms with Crippen molar-refractivity contribution in [2.24, 2.45) is 11.8 Å². The fourth-order valence-electron chi connectivity index (χ4n) is 1.77. The Hall–Kier alpha value is 0.210. The molecule has 14 heavy (non-hydrogen) atoms. The molecule has 0 aliphatic heterocycles. The molecule has 0 radical (unpaired) electrons. The standard InChI is InChI=1S/C11H24N2.ClH/c1-9(2)7-12-8-11(13(3)4)10-5-6-10;/h9-12H,5-8H2,1-4H3;1H. The van der Waals surface area contributed by atoms with Gasteiger partial charge in [0.25, 0.3) is 0 Å². The fourth-order valence-corrected chi connectivity index (χ4v) is 1.77. The maximum atomic E-state index is 3.55. The van der Waals surface area contributed by atoms with Crippen LogP contribution in [0.3, 0.4) is 0 Å². The van der Waals surface area contributed by atoms with E-state index in [2.05, 4.69) is 38.2 Å². The van der Waals surface area contributed by atoms with Crippen LogP contribution < -0.4 is 5.32 Å². The van der Waals surface area contributed by atoms with Crippen LogP contribution in [0.15, 0.2) is 0 Å². The van der Waals surface area contributed by atoms with E-state index in [-0.39, 0.29) is 12.4 Å². The number of nitrogens with zero attached hydrogens (tertiary/aromatic N) is 1. The van der Waals surface area contributed by atoms with Crippen LogP contribution in [0.2, 0.25) is 0 Å². The van der Waals surface area contributed by atoms with Crippen LogP contribution in [-0.4, -0.2) is 38.1 Å². The summed E-state index contributed by atoms with van der Waals surface area (Å²) < 4.78 is 0. The lowest BCUT2D eigenvalue weighted by molar-refractivity contribution is 0.253. The summed E-state index contributed by atoms with van der Waals surface area (Å²) in [7, 11) is 4.39. The highest BCUT2D eigenvalue weighted by molar-refractivity contribution is 5.85. The molecule has 0 amide bonds. The number of halogens is 1. The Morgan fingerprint density at radius 1 is 1.21 bits per heavy atom. The van der Waals surface area contributed by atoms with E-state index in [1.54, 1.807) is 0 Å². The van der Waals surface area contributed by atoms with Crippen LogP contribution in [-0.2, 0) is 0 Å². The smallest absolute Gasteiger partial charge is 0.0242 e. The zero-order valence-electron chi connectivity index (χ0n) is 9.92. The van der Waals surface area contributed by atoms with Crippen molar-refractivity contribution in [1.82, 2.24) is 10.2 Å². The quantitative estimate of drug-likeness (QED) is 0.737. The maximum absolute atomic E-state index is 3.55. The van der Waals surface area contributed by atoms with Crippen molar-refractivity contribution < 1.29 is 0 Å². The number of nitrogens with one attached hydrogen (secondary N) is 1. The molecule has 0 aromatic carbocycles. The van der Waals surface area contributed by atoms with Crippen LogP contribution in [0.4, 0.5) is 0 Å². The molecule has 2 nitrogen and oxygen atoms in total. The van der Waals surface area contributed by atoms with Gasteiger partial charge in [-0.1, -0.05) is 13.8 Å². The summed E-state index contributed by atoms with van der Waals surface area (Å²) in [4.78, 5) is 2.37. The summed E-state index contributed by atoms with van der Waals surface area (Å²) in [5.74, 6) is 1.73. The molecule has 1 fully saturated rings. The lowest BCUT2D eigenvalue weighted by Gasteiger charge is -2.24. The number of likely N-dealkylation sites (N-methyl/N-ethyl adjacent to an activating group) is 1. The molecule has 0 spiro atoms. The summed E-state index contributed by atoms with van der Waals surface area (Å²) >= 11 is 0. The van der Waals surface area contributed by atoms with E-state index in [0.29, 0.717) is 0 Å². The summed E-state index contributed by atoms with van der Waals surface area (Å²) in [6, 6.07) is 0.763. The normalized spacial score (nSPS) is 18.4. The van der Waals surface area contributed by atoms with Gasteiger partial charge in [0.05, 0.1) is 0 Å². The minimum Gasteiger partial charge on any atom is -0.315 e. The summed E-state index contributed by atoms with van der Waals surface area (Å²) in [5, 5.41) is 3.55. The summed E-state index contributed by atoms with van der Waals surface area (Å²) in [6.45, 7) is 6.83. The maximum Gasteiger partial charge on any atom is 0.0242 e. The van der Waals surface area contributed by atoms with Gasteiger partial charge < -0.3 is 10.2 Å². The van der Waals surface area contributed by atoms with E-state index in [1.165, 1.54) is 12.8 Å². The highest BCUT2D eigenvalue weighted by Crippen LogP contribution is 2.34. The zero-order valence-corrected chi connectivity index (χ0v) is 10.7. The molecule has 1 atom stereocenters. The monoisotopic (exact) mass is 220 g/mol. The van der Waals surface area contributed by atoms with E-state index in [4.69, 9.17) is 0 Å². The van der Waals surface area contributed by atoms with E-state index in [0.717, 1.165) is 31.0 Å². The Morgan fingerprint density at radius 3 is 2.14 bits per heavy atom. The molecule has 0 saturated heterocycles. The minimum absolute atomic E-state index is 0. The first-order chi connectivity index (χ1) is 6.11. The lowest BCUT2D eigenvalue weighted by Crippen LogP contribution is -2.40. The summed E-state index contributed by atoms with van der Waals surface area (Å²) in [6.07, 6.45) is 2.87. The predicted molar refractivity (Wildman–Crippen MR) is 65.2 cm³/mol. The van der Waals surface area contributed by atoms with Gasteiger partial charge in [0.2, 0.25) is 0 Å². The van der Waals surface area contributed by atoms with Crippen molar-refractivity contribution in [3.05, 3.63) is 0 Å². The molecule has 1 aliphatic carbocycles. The highest BCUT2D eigenvalue weighted by Gasteiger charge is 2.31. The molecule has 0 aromatic rings. The van der Waals surface area contributed by atoms with Crippen molar-refractivity contribution in [1.29, 1.82) is 0 Å². The third kappa shape index (κ3) is 5.18. The number of hydrogen-bond acceptors (Lipinski definition) is 2. The second kappa shape index (κ2) is 6.65. The van der Waals surface area contributed by atoms with E-state index in [9.17, 15) is 0 Å². The lowest BCUT2D eigenvalue weighted by atomic mass is 10.1. The largest absolute Gasteiger partial charge is 0.315 e. The Labute approximate surface area is 94.8 Å². The van der Waals surface area contributed by atoms with Crippen LogP contribution in [0.25, 0.3) is 0 Å². The average Bonchev–Trinajstić information content (AvgIpc) is 2.79. The van der Waals surface area contributed by atoms with Crippen LogP contribution >= 0.6 is 12.4 Å². The molecule has 3 heteroatoms. The van der Waals surface area contributed by atoms with Crippen molar-refractivity contribution in [3.63, 3.8) is 0 Å². The van der Waals surface area contributed by atoms with Crippen molar-refractivity contribution in [2.45, 2.75) is 32.7 Å². The van der Waals surface area contributed by atoms with Crippen molar-refractivity contribution >= 4 is 12.4 Å². The van der Waals surface area contributed by atoms with Gasteiger partial charge in [0.1, 0.15) is 0 Å². The Morgan fingerprint density at radius 2 is 1.79 bits per heavy atom. The van der Waals surface area contributed by atoms with Gasteiger partial charge in [-0.25, -0.2) is 0 Å². The Balaban J connectivity index is 0.00000169. The first-order valence-electron chi connectivity index (χ1n) is 5.48. The van der Waals surface area contributed by atoms with Crippen molar-refractivity contribution in [3.8, 4) is 0 Å². The van der Waals surface area contributed by atoms with Gasteiger partial charge in [0, 0.05) is 12.6 Å². The molecular weight excluding hydrogens is 196 g/mol. The van der Waals surface area contributed by atoms with Gasteiger partial charge in [-0.2, -0.15) is 0 Å². The molecule has 0 bridgehead atoms. The molecule has 86 valence electrons. The topological polar surface area (TPSA) is 15.3 Å². The summed E-state index contributed by atoms with van der Waals surface area (Å²) in [5.41, 5.74) is 0. The second-order valence-corrected chi connectivity index (χ2v) is 4.92. The average molecular weight is 221 g/mol. The van der Waals surface area contributed by atoms with Gasteiger partial charge in [-0.05, 0) is 45.3 Å². The first-order valence-corrected chi connectivity index (χ1v) is 5.48. The van der Waals surface area contributed by atoms with Crippen LogP contribution in [0.1, 0.15) is 26.7 Å². The molecule has 0 aromatic heterocycles. The van der Waals surface area contributed by atoms with Gasteiger partial charge in [-0.15, -0.1) is 12.4 Å². The minimum atomic E-state index is 0. The van der Waals surface area contributed by atoms with Crippen LogP contribution in [0.5, 0.6) is 0 Å². The Kier molecular flexibility index (Phi) is 6.75. The first kappa shape index (κ1) is 14.2. The third-order valence-electron chi connectivity index (χ3n) is 2.74. The van der Waals surface area contributed by atoms with Crippen molar-refractivity contribution in [2.75, 3.05) is 27.2 Å². The Bertz CT molecular complexity index is 142.